The zero-order valence-electron chi connectivity index (χ0n) is 11.8. The first-order chi connectivity index (χ1) is 10.7. The van der Waals surface area contributed by atoms with Crippen molar-refractivity contribution in [3.8, 4) is 5.69 Å². The minimum absolute atomic E-state index is 0.0994. The second-order valence-corrected chi connectivity index (χ2v) is 4.59. The van der Waals surface area contributed by atoms with E-state index in [0.717, 1.165) is 5.69 Å². The van der Waals surface area contributed by atoms with Crippen LogP contribution in [0.2, 0.25) is 0 Å². The Kier molecular flexibility index (Phi) is 3.86. The summed E-state index contributed by atoms with van der Waals surface area (Å²) in [6, 6.07) is 9.45. The largest absolute Gasteiger partial charge is 0.348 e. The molecule has 0 aliphatic rings. The molecule has 0 atom stereocenters. The highest BCUT2D eigenvalue weighted by Crippen LogP contribution is 2.07. The Morgan fingerprint density at radius 2 is 2.09 bits per heavy atom. The van der Waals surface area contributed by atoms with Crippen LogP contribution in [0.5, 0.6) is 0 Å². The van der Waals surface area contributed by atoms with Gasteiger partial charge in [-0.15, -0.1) is 5.10 Å². The Labute approximate surface area is 125 Å². The van der Waals surface area contributed by atoms with Crippen LogP contribution < -0.4 is 5.32 Å². The molecule has 3 rings (SSSR count). The number of carbonyl (C=O) groups is 1. The number of hydrogen-bond donors (Lipinski definition) is 1. The van der Waals surface area contributed by atoms with Gasteiger partial charge in [-0.05, 0) is 29.5 Å². The Hall–Kier alpha value is -3.10. The van der Waals surface area contributed by atoms with E-state index in [0.29, 0.717) is 17.2 Å². The predicted octanol–water partition coefficient (Wildman–Crippen LogP) is 0.213. The van der Waals surface area contributed by atoms with Crippen molar-refractivity contribution in [3.63, 3.8) is 0 Å². The van der Waals surface area contributed by atoms with Crippen LogP contribution in [0.15, 0.2) is 35.0 Å². The first-order valence-electron chi connectivity index (χ1n) is 6.61. The van der Waals surface area contributed by atoms with Crippen molar-refractivity contribution in [1.82, 2.24) is 35.8 Å². The van der Waals surface area contributed by atoms with Crippen molar-refractivity contribution in [2.24, 2.45) is 0 Å². The third-order valence-corrected chi connectivity index (χ3v) is 3.05. The van der Waals surface area contributed by atoms with Crippen molar-refractivity contribution >= 4 is 5.91 Å². The lowest BCUT2D eigenvalue weighted by Crippen LogP contribution is -2.26. The highest BCUT2D eigenvalue weighted by Gasteiger charge is 2.13. The van der Waals surface area contributed by atoms with Gasteiger partial charge in [0.15, 0.2) is 5.82 Å². The maximum atomic E-state index is 11.9. The van der Waals surface area contributed by atoms with Gasteiger partial charge in [-0.25, -0.2) is 4.63 Å². The van der Waals surface area contributed by atoms with E-state index in [4.69, 9.17) is 0 Å². The molecule has 0 radical (unpaired) electrons. The van der Waals surface area contributed by atoms with Crippen LogP contribution in [-0.2, 0) is 17.8 Å². The van der Waals surface area contributed by atoms with Gasteiger partial charge in [-0.1, -0.05) is 28.5 Å². The van der Waals surface area contributed by atoms with E-state index in [1.807, 2.05) is 30.3 Å². The summed E-state index contributed by atoms with van der Waals surface area (Å²) in [5.41, 5.74) is 1.94. The second-order valence-electron chi connectivity index (χ2n) is 4.59. The zero-order valence-corrected chi connectivity index (χ0v) is 11.8. The van der Waals surface area contributed by atoms with E-state index in [9.17, 15) is 4.79 Å². The summed E-state index contributed by atoms with van der Waals surface area (Å²) in [4.78, 5) is 11.9. The van der Waals surface area contributed by atoms with Gasteiger partial charge in [0.1, 0.15) is 11.4 Å². The SMILES string of the molecule is Cc1nonc1CC(=O)NCc1nnnn1-c1ccccc1. The number of benzene rings is 1. The summed E-state index contributed by atoms with van der Waals surface area (Å²) in [6.45, 7) is 1.94. The van der Waals surface area contributed by atoms with Crippen molar-refractivity contribution in [2.45, 2.75) is 19.9 Å². The molecule has 0 saturated heterocycles. The minimum Gasteiger partial charge on any atom is -0.348 e. The van der Waals surface area contributed by atoms with Crippen LogP contribution >= 0.6 is 0 Å². The lowest BCUT2D eigenvalue weighted by Gasteiger charge is -2.05. The second kappa shape index (κ2) is 6.12. The van der Waals surface area contributed by atoms with Crippen LogP contribution in [0, 0.1) is 6.92 Å². The lowest BCUT2D eigenvalue weighted by molar-refractivity contribution is -0.120. The van der Waals surface area contributed by atoms with E-state index in [1.54, 1.807) is 11.6 Å². The number of para-hydroxylation sites is 1. The molecule has 2 heterocycles. The molecule has 0 bridgehead atoms. The molecule has 112 valence electrons. The summed E-state index contributed by atoms with van der Waals surface area (Å²) in [7, 11) is 0. The van der Waals surface area contributed by atoms with Gasteiger partial charge in [0.2, 0.25) is 5.91 Å². The van der Waals surface area contributed by atoms with E-state index in [2.05, 4.69) is 35.8 Å². The fourth-order valence-corrected chi connectivity index (χ4v) is 1.89. The Morgan fingerprint density at radius 3 is 2.82 bits per heavy atom. The Bertz CT molecular complexity index is 766. The van der Waals surface area contributed by atoms with Crippen molar-refractivity contribution in [3.05, 3.63) is 47.5 Å². The molecule has 1 amide bonds. The first-order valence-corrected chi connectivity index (χ1v) is 6.61. The summed E-state index contributed by atoms with van der Waals surface area (Å²) in [5, 5.41) is 21.5. The Balaban J connectivity index is 1.64. The number of carbonyl (C=O) groups excluding carboxylic acids is 1. The van der Waals surface area contributed by atoms with Gasteiger partial charge in [0.05, 0.1) is 18.7 Å². The number of nitrogens with one attached hydrogen (secondary N) is 1. The molecule has 22 heavy (non-hydrogen) atoms. The number of aryl methyl sites for hydroxylation is 1. The van der Waals surface area contributed by atoms with Crippen LogP contribution in [0.4, 0.5) is 0 Å². The van der Waals surface area contributed by atoms with Gasteiger partial charge >= 0.3 is 0 Å². The topological polar surface area (TPSA) is 112 Å². The molecule has 1 aromatic carbocycles. The molecule has 0 aliphatic heterocycles. The maximum Gasteiger partial charge on any atom is 0.226 e. The molecule has 0 unspecified atom stereocenters. The van der Waals surface area contributed by atoms with Gasteiger partial charge in [0.25, 0.3) is 0 Å². The smallest absolute Gasteiger partial charge is 0.226 e. The van der Waals surface area contributed by atoms with E-state index in [-0.39, 0.29) is 18.9 Å². The lowest BCUT2D eigenvalue weighted by atomic mass is 10.2. The molecule has 2 aromatic heterocycles. The first kappa shape index (κ1) is 13.9. The predicted molar refractivity (Wildman–Crippen MR) is 73.7 cm³/mol. The van der Waals surface area contributed by atoms with E-state index >= 15 is 0 Å². The van der Waals surface area contributed by atoms with Gasteiger partial charge < -0.3 is 5.32 Å². The Morgan fingerprint density at radius 1 is 1.27 bits per heavy atom. The van der Waals surface area contributed by atoms with Gasteiger partial charge in [-0.2, -0.15) is 4.68 Å². The summed E-state index contributed by atoms with van der Waals surface area (Å²) < 4.78 is 6.13. The third kappa shape index (κ3) is 2.97. The molecule has 0 saturated carbocycles. The quantitative estimate of drug-likeness (QED) is 0.716. The summed E-state index contributed by atoms with van der Waals surface area (Å²) >= 11 is 0. The average Bonchev–Trinajstić information content (AvgIpc) is 3.16. The molecular formula is C13H13N7O2. The molecule has 9 heteroatoms. The van der Waals surface area contributed by atoms with Crippen LogP contribution in [-0.4, -0.2) is 36.4 Å². The fraction of sp³-hybridized carbons (Fsp3) is 0.231. The molecule has 0 aliphatic carbocycles. The summed E-state index contributed by atoms with van der Waals surface area (Å²) in [6.07, 6.45) is 0.0994. The van der Waals surface area contributed by atoms with Crippen molar-refractivity contribution in [1.29, 1.82) is 0 Å². The van der Waals surface area contributed by atoms with E-state index < -0.39 is 0 Å². The number of nitrogens with zero attached hydrogens (tertiary/aromatic N) is 6. The molecule has 0 spiro atoms. The van der Waals surface area contributed by atoms with Crippen LogP contribution in [0.25, 0.3) is 5.69 Å². The fourth-order valence-electron chi connectivity index (χ4n) is 1.89. The zero-order chi connectivity index (χ0) is 15.4. The van der Waals surface area contributed by atoms with Crippen molar-refractivity contribution in [2.75, 3.05) is 0 Å². The van der Waals surface area contributed by atoms with Crippen LogP contribution in [0.1, 0.15) is 17.2 Å². The van der Waals surface area contributed by atoms with E-state index in [1.165, 1.54) is 0 Å². The number of aromatic nitrogens is 6. The standard InChI is InChI=1S/C13H13N7O2/c1-9-11(17-22-16-9)7-13(21)14-8-12-15-18-19-20(12)10-5-3-2-4-6-10/h2-6H,7-8H2,1H3,(H,14,21). The minimum atomic E-state index is -0.207. The molecule has 3 aromatic rings. The van der Waals surface area contributed by atoms with Crippen LogP contribution in [0.3, 0.4) is 0 Å². The van der Waals surface area contributed by atoms with Crippen molar-refractivity contribution < 1.29 is 9.42 Å². The molecule has 1 N–H and O–H groups in total. The molecular weight excluding hydrogens is 286 g/mol. The van der Waals surface area contributed by atoms with Gasteiger partial charge in [-0.3, -0.25) is 4.79 Å². The maximum absolute atomic E-state index is 11.9. The van der Waals surface area contributed by atoms with Gasteiger partial charge in [0, 0.05) is 0 Å². The third-order valence-electron chi connectivity index (χ3n) is 3.05. The average molecular weight is 299 g/mol. The highest BCUT2D eigenvalue weighted by atomic mass is 16.6. The highest BCUT2D eigenvalue weighted by molar-refractivity contribution is 5.78. The summed E-state index contributed by atoms with van der Waals surface area (Å²) in [5.74, 6) is 0.330. The number of hydrogen-bond acceptors (Lipinski definition) is 7. The number of rotatable bonds is 5. The normalized spacial score (nSPS) is 10.6. The molecule has 0 fully saturated rings. The monoisotopic (exact) mass is 299 g/mol. The molecule has 9 nitrogen and oxygen atoms in total. The number of tetrazole rings is 1. The number of amides is 1.